The maximum atomic E-state index is 11.9. The zero-order chi connectivity index (χ0) is 17.4. The van der Waals surface area contributed by atoms with Crippen LogP contribution in [0.4, 0.5) is 5.69 Å². The lowest BCUT2D eigenvalue weighted by Gasteiger charge is -2.05. The van der Waals surface area contributed by atoms with Crippen molar-refractivity contribution in [1.29, 1.82) is 0 Å². The van der Waals surface area contributed by atoms with Gasteiger partial charge in [-0.15, -0.1) is 0 Å². The third-order valence-corrected chi connectivity index (χ3v) is 3.49. The van der Waals surface area contributed by atoms with Crippen LogP contribution >= 0.6 is 11.6 Å². The molecule has 0 fully saturated rings. The number of hydrogen-bond donors (Lipinski definition) is 1. The summed E-state index contributed by atoms with van der Waals surface area (Å²) in [7, 11) is 0. The van der Waals surface area contributed by atoms with E-state index in [1.165, 1.54) is 6.08 Å². The van der Waals surface area contributed by atoms with Gasteiger partial charge in [-0.2, -0.15) is 0 Å². The van der Waals surface area contributed by atoms with Gasteiger partial charge >= 0.3 is 5.97 Å². The molecule has 0 spiro atoms. The van der Waals surface area contributed by atoms with E-state index in [9.17, 15) is 9.59 Å². The Balaban J connectivity index is 1.95. The minimum Gasteiger partial charge on any atom is -0.462 e. The summed E-state index contributed by atoms with van der Waals surface area (Å²) in [4.78, 5) is 23.6. The van der Waals surface area contributed by atoms with Gasteiger partial charge in [0.25, 0.3) is 0 Å². The van der Waals surface area contributed by atoms with E-state index in [-0.39, 0.29) is 11.9 Å². The lowest BCUT2D eigenvalue weighted by atomic mass is 10.2. The highest BCUT2D eigenvalue weighted by molar-refractivity contribution is 6.32. The SMILES string of the molecule is CCCOC(=O)c1ccc(NC(=O)/C=C/c2ccccc2Cl)cc1. The van der Waals surface area contributed by atoms with E-state index >= 15 is 0 Å². The maximum absolute atomic E-state index is 11.9. The Kier molecular flexibility index (Phi) is 6.58. The summed E-state index contributed by atoms with van der Waals surface area (Å²) in [5.41, 5.74) is 1.81. The molecule has 0 aromatic heterocycles. The summed E-state index contributed by atoms with van der Waals surface area (Å²) in [6.45, 7) is 2.33. The van der Waals surface area contributed by atoms with Gasteiger partial charge < -0.3 is 10.1 Å². The molecular weight excluding hydrogens is 326 g/mol. The second kappa shape index (κ2) is 8.89. The zero-order valence-corrected chi connectivity index (χ0v) is 14.0. The van der Waals surface area contributed by atoms with E-state index in [0.29, 0.717) is 22.9 Å². The highest BCUT2D eigenvalue weighted by atomic mass is 35.5. The largest absolute Gasteiger partial charge is 0.462 e. The van der Waals surface area contributed by atoms with Crippen LogP contribution in [0.1, 0.15) is 29.3 Å². The van der Waals surface area contributed by atoms with Crippen molar-refractivity contribution in [2.75, 3.05) is 11.9 Å². The number of benzene rings is 2. The van der Waals surface area contributed by atoms with Crippen molar-refractivity contribution in [3.63, 3.8) is 0 Å². The second-order valence-electron chi connectivity index (χ2n) is 5.06. The molecule has 2 aromatic rings. The van der Waals surface area contributed by atoms with Gasteiger partial charge in [0, 0.05) is 16.8 Å². The van der Waals surface area contributed by atoms with Crippen LogP contribution in [0.25, 0.3) is 6.08 Å². The van der Waals surface area contributed by atoms with Gasteiger partial charge in [0.05, 0.1) is 12.2 Å². The Morgan fingerprint density at radius 3 is 2.50 bits per heavy atom. The van der Waals surface area contributed by atoms with Crippen LogP contribution in [0.15, 0.2) is 54.6 Å². The molecule has 24 heavy (non-hydrogen) atoms. The van der Waals surface area contributed by atoms with Crippen LogP contribution in [0.3, 0.4) is 0 Å². The van der Waals surface area contributed by atoms with E-state index in [4.69, 9.17) is 16.3 Å². The normalized spacial score (nSPS) is 10.6. The van der Waals surface area contributed by atoms with Gasteiger partial charge in [0.2, 0.25) is 5.91 Å². The van der Waals surface area contributed by atoms with Crippen molar-refractivity contribution in [2.45, 2.75) is 13.3 Å². The number of hydrogen-bond acceptors (Lipinski definition) is 3. The maximum Gasteiger partial charge on any atom is 0.338 e. The van der Waals surface area contributed by atoms with Crippen molar-refractivity contribution in [3.05, 3.63) is 70.8 Å². The average Bonchev–Trinajstić information content (AvgIpc) is 2.59. The molecule has 0 aliphatic rings. The summed E-state index contributed by atoms with van der Waals surface area (Å²) in [6, 6.07) is 13.8. The summed E-state index contributed by atoms with van der Waals surface area (Å²) in [6.07, 6.45) is 3.83. The first-order valence-corrected chi connectivity index (χ1v) is 7.98. The Bertz CT molecular complexity index is 739. The van der Waals surface area contributed by atoms with Gasteiger partial charge in [0.15, 0.2) is 0 Å². The molecule has 0 aliphatic heterocycles. The fourth-order valence-corrected chi connectivity index (χ4v) is 2.13. The summed E-state index contributed by atoms with van der Waals surface area (Å²) in [5, 5.41) is 3.30. The number of rotatable bonds is 6. The van der Waals surface area contributed by atoms with Gasteiger partial charge in [-0.05, 0) is 48.4 Å². The van der Waals surface area contributed by atoms with Crippen LogP contribution in [0.2, 0.25) is 5.02 Å². The van der Waals surface area contributed by atoms with Gasteiger partial charge in [-0.1, -0.05) is 36.7 Å². The average molecular weight is 344 g/mol. The number of anilines is 1. The highest BCUT2D eigenvalue weighted by Gasteiger charge is 2.06. The Morgan fingerprint density at radius 2 is 1.83 bits per heavy atom. The third-order valence-electron chi connectivity index (χ3n) is 3.14. The minimum absolute atomic E-state index is 0.281. The number of carbonyl (C=O) groups is 2. The molecule has 0 saturated heterocycles. The van der Waals surface area contributed by atoms with Crippen molar-refractivity contribution >= 4 is 35.2 Å². The van der Waals surface area contributed by atoms with Gasteiger partial charge in [-0.3, -0.25) is 4.79 Å². The number of ether oxygens (including phenoxy) is 1. The predicted molar refractivity (Wildman–Crippen MR) is 96.1 cm³/mol. The Morgan fingerprint density at radius 1 is 1.12 bits per heavy atom. The van der Waals surface area contributed by atoms with Gasteiger partial charge in [0.1, 0.15) is 0 Å². The van der Waals surface area contributed by atoms with Crippen molar-refractivity contribution in [3.8, 4) is 0 Å². The van der Waals surface area contributed by atoms with Crippen molar-refractivity contribution in [2.24, 2.45) is 0 Å². The number of nitrogens with one attached hydrogen (secondary N) is 1. The predicted octanol–water partition coefficient (Wildman–Crippen LogP) is 4.56. The zero-order valence-electron chi connectivity index (χ0n) is 13.3. The fourth-order valence-electron chi connectivity index (χ4n) is 1.93. The van der Waals surface area contributed by atoms with E-state index < -0.39 is 0 Å². The molecule has 2 aromatic carbocycles. The first-order chi connectivity index (χ1) is 11.6. The number of halogens is 1. The molecule has 0 saturated carbocycles. The quantitative estimate of drug-likeness (QED) is 0.618. The molecule has 4 nitrogen and oxygen atoms in total. The molecule has 2 rings (SSSR count). The Hall–Kier alpha value is -2.59. The minimum atomic E-state index is -0.367. The standard InChI is InChI=1S/C19H18ClNO3/c1-2-13-24-19(23)15-7-10-16(11-8-15)21-18(22)12-9-14-5-3-4-6-17(14)20/h3-12H,2,13H2,1H3,(H,21,22)/b12-9+. The molecule has 1 N–H and O–H groups in total. The Labute approximate surface area is 146 Å². The van der Waals surface area contributed by atoms with Crippen LogP contribution in [-0.2, 0) is 9.53 Å². The van der Waals surface area contributed by atoms with E-state index in [1.807, 2.05) is 25.1 Å². The summed E-state index contributed by atoms with van der Waals surface area (Å²) in [5.74, 6) is -0.649. The topological polar surface area (TPSA) is 55.4 Å². The molecule has 5 heteroatoms. The van der Waals surface area contributed by atoms with Crippen LogP contribution in [-0.4, -0.2) is 18.5 Å². The van der Waals surface area contributed by atoms with Gasteiger partial charge in [-0.25, -0.2) is 4.79 Å². The monoisotopic (exact) mass is 343 g/mol. The second-order valence-corrected chi connectivity index (χ2v) is 5.46. The van der Waals surface area contributed by atoms with Crippen molar-refractivity contribution in [1.82, 2.24) is 0 Å². The lowest BCUT2D eigenvalue weighted by Crippen LogP contribution is -2.09. The molecule has 1 amide bonds. The van der Waals surface area contributed by atoms with E-state index in [0.717, 1.165) is 12.0 Å². The van der Waals surface area contributed by atoms with E-state index in [2.05, 4.69) is 5.32 Å². The molecule has 124 valence electrons. The fraction of sp³-hybridized carbons (Fsp3) is 0.158. The first kappa shape index (κ1) is 17.8. The molecule has 0 radical (unpaired) electrons. The molecular formula is C19H18ClNO3. The van der Waals surface area contributed by atoms with Crippen LogP contribution in [0.5, 0.6) is 0 Å². The molecule has 0 unspecified atom stereocenters. The van der Waals surface area contributed by atoms with Crippen molar-refractivity contribution < 1.29 is 14.3 Å². The smallest absolute Gasteiger partial charge is 0.338 e. The molecule has 0 bridgehead atoms. The third kappa shape index (κ3) is 5.25. The summed E-state index contributed by atoms with van der Waals surface area (Å²) >= 11 is 6.02. The number of carbonyl (C=O) groups excluding carboxylic acids is 2. The highest BCUT2D eigenvalue weighted by Crippen LogP contribution is 2.16. The molecule has 0 atom stereocenters. The summed E-state index contributed by atoms with van der Waals surface area (Å²) < 4.78 is 5.05. The number of amides is 1. The van der Waals surface area contributed by atoms with E-state index in [1.54, 1.807) is 36.4 Å². The lowest BCUT2D eigenvalue weighted by molar-refractivity contribution is -0.111. The molecule has 0 aliphatic carbocycles. The number of esters is 1. The van der Waals surface area contributed by atoms with Crippen LogP contribution in [0, 0.1) is 0 Å². The van der Waals surface area contributed by atoms with Crippen LogP contribution < -0.4 is 5.32 Å². The molecule has 0 heterocycles. The first-order valence-electron chi connectivity index (χ1n) is 7.61.